The van der Waals surface area contributed by atoms with E-state index in [1.165, 1.54) is 0 Å². The molecule has 0 unspecified atom stereocenters. The molecule has 1 amide bonds. The number of nitrogens with zero attached hydrogens (tertiary/aromatic N) is 3. The number of amides is 1. The van der Waals surface area contributed by atoms with Crippen molar-refractivity contribution in [3.63, 3.8) is 0 Å². The van der Waals surface area contributed by atoms with Gasteiger partial charge in [0.05, 0.1) is 17.9 Å². The summed E-state index contributed by atoms with van der Waals surface area (Å²) in [6, 6.07) is 0.348. The molecule has 1 fully saturated rings. The summed E-state index contributed by atoms with van der Waals surface area (Å²) in [5, 5.41) is 3.30. The van der Waals surface area contributed by atoms with Crippen LogP contribution in [0, 0.1) is 0 Å². The van der Waals surface area contributed by atoms with Crippen LogP contribution >= 0.6 is 11.7 Å². The summed E-state index contributed by atoms with van der Waals surface area (Å²) in [7, 11) is 0. The van der Waals surface area contributed by atoms with Crippen LogP contribution in [0.1, 0.15) is 30.3 Å². The zero-order chi connectivity index (χ0) is 11.4. The first-order valence-electron chi connectivity index (χ1n) is 5.62. The minimum Gasteiger partial charge on any atom is -0.334 e. The fourth-order valence-corrected chi connectivity index (χ4v) is 2.50. The van der Waals surface area contributed by atoms with Crippen molar-refractivity contribution in [1.29, 1.82) is 0 Å². The van der Waals surface area contributed by atoms with Gasteiger partial charge < -0.3 is 10.2 Å². The van der Waals surface area contributed by atoms with Gasteiger partial charge in [0.2, 0.25) is 0 Å². The van der Waals surface area contributed by atoms with Crippen LogP contribution in [0.5, 0.6) is 0 Å². The fourth-order valence-electron chi connectivity index (χ4n) is 2.09. The maximum absolute atomic E-state index is 12.1. The van der Waals surface area contributed by atoms with Crippen molar-refractivity contribution in [3.8, 4) is 0 Å². The first-order valence-corrected chi connectivity index (χ1v) is 6.35. The Kier molecular flexibility index (Phi) is 3.84. The van der Waals surface area contributed by atoms with Gasteiger partial charge >= 0.3 is 0 Å². The van der Waals surface area contributed by atoms with E-state index in [1.807, 2.05) is 11.8 Å². The van der Waals surface area contributed by atoms with Crippen molar-refractivity contribution < 1.29 is 4.79 Å². The average molecular weight is 240 g/mol. The molecule has 0 saturated carbocycles. The normalized spacial score (nSPS) is 17.3. The van der Waals surface area contributed by atoms with E-state index in [1.54, 1.807) is 6.20 Å². The van der Waals surface area contributed by atoms with E-state index in [4.69, 9.17) is 0 Å². The molecule has 0 spiro atoms. The lowest BCUT2D eigenvalue weighted by Gasteiger charge is -2.33. The van der Waals surface area contributed by atoms with Crippen LogP contribution in [-0.4, -0.2) is 45.2 Å². The maximum atomic E-state index is 12.1. The third kappa shape index (κ3) is 2.38. The summed E-state index contributed by atoms with van der Waals surface area (Å²) in [6.07, 6.45) is 3.60. The quantitative estimate of drug-likeness (QED) is 0.847. The molecular formula is C10H16N4OS. The zero-order valence-corrected chi connectivity index (χ0v) is 10.2. The molecule has 2 heterocycles. The molecule has 1 saturated heterocycles. The lowest BCUT2D eigenvalue weighted by atomic mass is 10.0. The summed E-state index contributed by atoms with van der Waals surface area (Å²) < 4.78 is 7.88. The number of nitrogens with one attached hydrogen (secondary N) is 1. The second-order valence-electron chi connectivity index (χ2n) is 3.87. The standard InChI is InChI=1S/C10H16N4OS/c1-2-14(8-3-5-11-6-4-8)10(15)9-7-12-16-13-9/h7-8,11H,2-6H2,1H3. The van der Waals surface area contributed by atoms with E-state index in [2.05, 4.69) is 14.1 Å². The molecule has 16 heavy (non-hydrogen) atoms. The van der Waals surface area contributed by atoms with Crippen LogP contribution in [0.2, 0.25) is 0 Å². The predicted molar refractivity (Wildman–Crippen MR) is 62.5 cm³/mol. The van der Waals surface area contributed by atoms with Gasteiger partial charge in [0.25, 0.3) is 5.91 Å². The highest BCUT2D eigenvalue weighted by molar-refractivity contribution is 6.99. The van der Waals surface area contributed by atoms with E-state index in [-0.39, 0.29) is 5.91 Å². The molecule has 1 aromatic heterocycles. The fraction of sp³-hybridized carbons (Fsp3) is 0.700. The van der Waals surface area contributed by atoms with E-state index < -0.39 is 0 Å². The van der Waals surface area contributed by atoms with Gasteiger partial charge in [0, 0.05) is 12.6 Å². The van der Waals surface area contributed by atoms with Gasteiger partial charge in [-0.05, 0) is 32.9 Å². The molecule has 1 aliphatic heterocycles. The van der Waals surface area contributed by atoms with Crippen LogP contribution < -0.4 is 5.32 Å². The van der Waals surface area contributed by atoms with Crippen molar-refractivity contribution in [3.05, 3.63) is 11.9 Å². The highest BCUT2D eigenvalue weighted by atomic mass is 32.1. The second-order valence-corrected chi connectivity index (χ2v) is 4.42. The molecular weight excluding hydrogens is 224 g/mol. The predicted octanol–water partition coefficient (Wildman–Crippen LogP) is 0.752. The molecule has 0 atom stereocenters. The molecule has 6 heteroatoms. The molecule has 0 aromatic carbocycles. The smallest absolute Gasteiger partial charge is 0.275 e. The van der Waals surface area contributed by atoms with Gasteiger partial charge in [0.15, 0.2) is 5.69 Å². The van der Waals surface area contributed by atoms with Crippen molar-refractivity contribution >= 4 is 17.6 Å². The lowest BCUT2D eigenvalue weighted by molar-refractivity contribution is 0.0651. The molecule has 1 aliphatic rings. The Bertz CT molecular complexity index is 335. The van der Waals surface area contributed by atoms with E-state index >= 15 is 0 Å². The minimum absolute atomic E-state index is 0.0168. The Labute approximate surface area is 99.2 Å². The van der Waals surface area contributed by atoms with Gasteiger partial charge in [-0.15, -0.1) is 0 Å². The Balaban J connectivity index is 2.06. The van der Waals surface area contributed by atoms with Crippen molar-refractivity contribution in [2.75, 3.05) is 19.6 Å². The lowest BCUT2D eigenvalue weighted by Crippen LogP contribution is -2.46. The molecule has 0 radical (unpaired) electrons. The van der Waals surface area contributed by atoms with Gasteiger partial charge in [-0.1, -0.05) is 0 Å². The summed E-state index contributed by atoms with van der Waals surface area (Å²) in [4.78, 5) is 14.1. The molecule has 0 bridgehead atoms. The Morgan fingerprint density at radius 1 is 1.62 bits per heavy atom. The van der Waals surface area contributed by atoms with Crippen molar-refractivity contribution in [2.45, 2.75) is 25.8 Å². The largest absolute Gasteiger partial charge is 0.334 e. The number of carbonyl (C=O) groups excluding carboxylic acids is 1. The monoisotopic (exact) mass is 240 g/mol. The Morgan fingerprint density at radius 3 is 2.94 bits per heavy atom. The third-order valence-electron chi connectivity index (χ3n) is 2.93. The van der Waals surface area contributed by atoms with Gasteiger partial charge in [-0.2, -0.15) is 8.75 Å². The summed E-state index contributed by atoms with van der Waals surface area (Å²) >= 11 is 1.08. The van der Waals surface area contributed by atoms with Crippen LogP contribution in [0.15, 0.2) is 6.20 Å². The second kappa shape index (κ2) is 5.36. The summed E-state index contributed by atoms with van der Waals surface area (Å²) in [5.41, 5.74) is 0.477. The molecule has 88 valence electrons. The summed E-state index contributed by atoms with van der Waals surface area (Å²) in [6.45, 7) is 4.73. The topological polar surface area (TPSA) is 58.1 Å². The molecule has 0 aliphatic carbocycles. The van der Waals surface area contributed by atoms with Crippen LogP contribution in [-0.2, 0) is 0 Å². The highest BCUT2D eigenvalue weighted by Gasteiger charge is 2.25. The van der Waals surface area contributed by atoms with E-state index in [0.717, 1.165) is 44.2 Å². The van der Waals surface area contributed by atoms with Crippen LogP contribution in [0.3, 0.4) is 0 Å². The third-order valence-corrected chi connectivity index (χ3v) is 3.41. The summed E-state index contributed by atoms with van der Waals surface area (Å²) in [5.74, 6) is 0.0168. The molecule has 1 aromatic rings. The zero-order valence-electron chi connectivity index (χ0n) is 9.35. The Hall–Kier alpha value is -1.01. The van der Waals surface area contributed by atoms with Gasteiger partial charge in [0.1, 0.15) is 0 Å². The van der Waals surface area contributed by atoms with Crippen LogP contribution in [0.25, 0.3) is 0 Å². The number of aromatic nitrogens is 2. The van der Waals surface area contributed by atoms with E-state index in [0.29, 0.717) is 11.7 Å². The molecule has 5 nitrogen and oxygen atoms in total. The number of hydrogen-bond donors (Lipinski definition) is 1. The van der Waals surface area contributed by atoms with Crippen molar-refractivity contribution in [2.24, 2.45) is 0 Å². The van der Waals surface area contributed by atoms with Crippen molar-refractivity contribution in [1.82, 2.24) is 19.0 Å². The maximum Gasteiger partial charge on any atom is 0.275 e. The first kappa shape index (κ1) is 11.5. The molecule has 1 N–H and O–H groups in total. The first-order chi connectivity index (χ1) is 7.83. The number of piperidine rings is 1. The van der Waals surface area contributed by atoms with E-state index in [9.17, 15) is 4.79 Å². The van der Waals surface area contributed by atoms with Crippen LogP contribution in [0.4, 0.5) is 0 Å². The minimum atomic E-state index is 0.0168. The van der Waals surface area contributed by atoms with Gasteiger partial charge in [-0.3, -0.25) is 4.79 Å². The SMILES string of the molecule is CCN(C(=O)c1cnsn1)C1CCNCC1. The number of rotatable bonds is 3. The number of carbonyl (C=O) groups is 1. The molecule has 2 rings (SSSR count). The van der Waals surface area contributed by atoms with Gasteiger partial charge in [-0.25, -0.2) is 0 Å². The highest BCUT2D eigenvalue weighted by Crippen LogP contribution is 2.14. The Morgan fingerprint density at radius 2 is 2.38 bits per heavy atom. The average Bonchev–Trinajstić information content (AvgIpc) is 2.85. The number of hydrogen-bond acceptors (Lipinski definition) is 5.